The van der Waals surface area contributed by atoms with Crippen molar-refractivity contribution in [3.63, 3.8) is 0 Å². The molecule has 11 rings (SSSR count). The predicted molar refractivity (Wildman–Crippen MR) is 211 cm³/mol. The molecular weight excluding hydrogens is 645 g/mol. The van der Waals surface area contributed by atoms with Crippen LogP contribution in [0.15, 0.2) is 162 Å². The third kappa shape index (κ3) is 4.43. The van der Waals surface area contributed by atoms with Crippen molar-refractivity contribution in [1.29, 1.82) is 0 Å². The zero-order chi connectivity index (χ0) is 37.8. The predicted octanol–water partition coefficient (Wildman–Crippen LogP) is 12.2. The topological polar surface area (TPSA) is 56.7 Å². The van der Waals surface area contributed by atoms with E-state index in [-0.39, 0.29) is 29.3 Å². The van der Waals surface area contributed by atoms with Crippen molar-refractivity contribution in [3.8, 4) is 39.9 Å². The van der Waals surface area contributed by atoms with Gasteiger partial charge in [-0.25, -0.2) is 15.0 Å². The molecule has 0 bridgehead atoms. The molecule has 0 aliphatic heterocycles. The second kappa shape index (κ2) is 10.9. The van der Waals surface area contributed by atoms with E-state index in [2.05, 4.69) is 77.4 Å². The smallest absolute Gasteiger partial charge is 0.164 e. The quantitative estimate of drug-likeness (QED) is 0.186. The maximum absolute atomic E-state index is 8.73. The molecule has 0 fully saturated rings. The fourth-order valence-electron chi connectivity index (χ4n) is 7.22. The molecule has 238 valence electrons. The molecule has 0 aliphatic rings. The second-order valence-corrected chi connectivity index (χ2v) is 13.6. The molecule has 0 amide bonds. The minimum atomic E-state index is -0.481. The van der Waals surface area contributed by atoms with Crippen LogP contribution in [0.25, 0.3) is 104 Å². The van der Waals surface area contributed by atoms with Gasteiger partial charge in [0.15, 0.2) is 17.5 Å². The van der Waals surface area contributed by atoms with Crippen molar-refractivity contribution in [3.05, 3.63) is 158 Å². The number of nitrogens with zero attached hydrogens (tertiary/aromatic N) is 4. The Kier molecular flexibility index (Phi) is 5.08. The average molecular weight is 676 g/mol. The Morgan fingerprint density at radius 2 is 1.08 bits per heavy atom. The van der Waals surface area contributed by atoms with Crippen LogP contribution in [0.4, 0.5) is 0 Å². The molecule has 0 saturated carbocycles. The van der Waals surface area contributed by atoms with Crippen LogP contribution in [0.1, 0.15) is 6.85 Å². The van der Waals surface area contributed by atoms with E-state index in [0.717, 1.165) is 53.2 Å². The minimum absolute atomic E-state index is 0.0149. The highest BCUT2D eigenvalue weighted by Crippen LogP contribution is 2.38. The lowest BCUT2D eigenvalue weighted by atomic mass is 10.1. The van der Waals surface area contributed by atoms with E-state index in [9.17, 15) is 0 Å². The molecule has 0 radical (unpaired) electrons. The molecule has 0 unspecified atom stereocenters. The highest BCUT2D eigenvalue weighted by Gasteiger charge is 2.17. The first kappa shape index (κ1) is 23.7. The number of thiophene rings is 1. The summed E-state index contributed by atoms with van der Waals surface area (Å²) >= 11 is 1.67. The summed E-state index contributed by atoms with van der Waals surface area (Å²) in [7, 11) is 0. The first-order chi connectivity index (χ1) is 27.3. The normalized spacial score (nSPS) is 13.3. The van der Waals surface area contributed by atoms with Gasteiger partial charge < -0.3 is 8.98 Å². The van der Waals surface area contributed by atoms with Crippen molar-refractivity contribution in [2.45, 2.75) is 0 Å². The number of rotatable bonds is 4. The maximum Gasteiger partial charge on any atom is 0.164 e. The standard InChI is InChI=1S/C45H26N4OS/c1-2-10-27(11-3-1)43-46-44(48-45(47-43)29-19-22-35-34-14-6-9-17-41(34)51-42(35)25-29)28-18-21-33-36-26-30(20-23-39(36)50-40(33)24-28)49-37-15-7-4-12-31(37)32-13-5-8-16-38(32)49/h1-26H/i1D,2D,3D,10D,11D. The molecule has 0 spiro atoms. The summed E-state index contributed by atoms with van der Waals surface area (Å²) in [6.45, 7) is 0. The number of para-hydroxylation sites is 2. The number of benzene rings is 7. The zero-order valence-electron chi connectivity index (χ0n) is 31.7. The van der Waals surface area contributed by atoms with E-state index in [1.807, 2.05) is 54.6 Å². The van der Waals surface area contributed by atoms with Gasteiger partial charge in [0, 0.05) is 64.1 Å². The fraction of sp³-hybridized carbons (Fsp3) is 0. The van der Waals surface area contributed by atoms with Crippen LogP contribution in [0, 0.1) is 0 Å². The third-order valence-corrected chi connectivity index (χ3v) is 10.7. The Bertz CT molecular complexity index is 3380. The number of furan rings is 1. The van der Waals surface area contributed by atoms with E-state index in [1.54, 1.807) is 11.3 Å². The van der Waals surface area contributed by atoms with Gasteiger partial charge in [-0.1, -0.05) is 103 Å². The highest BCUT2D eigenvalue weighted by molar-refractivity contribution is 7.25. The second-order valence-electron chi connectivity index (χ2n) is 12.5. The number of hydrogen-bond acceptors (Lipinski definition) is 5. The molecule has 11 aromatic rings. The number of fused-ring (bicyclic) bond motifs is 9. The van der Waals surface area contributed by atoms with Gasteiger partial charge in [-0.3, -0.25) is 0 Å². The third-order valence-electron chi connectivity index (χ3n) is 9.55. The van der Waals surface area contributed by atoms with Crippen molar-refractivity contribution in [2.24, 2.45) is 0 Å². The van der Waals surface area contributed by atoms with Crippen LogP contribution in [0.5, 0.6) is 0 Å². The van der Waals surface area contributed by atoms with E-state index in [4.69, 9.17) is 26.2 Å². The monoisotopic (exact) mass is 675 g/mol. The first-order valence-electron chi connectivity index (χ1n) is 19.0. The minimum Gasteiger partial charge on any atom is -0.456 e. The molecule has 7 aromatic carbocycles. The van der Waals surface area contributed by atoms with Crippen molar-refractivity contribution >= 4 is 75.3 Å². The Labute approximate surface area is 302 Å². The lowest BCUT2D eigenvalue weighted by Gasteiger charge is -2.09. The van der Waals surface area contributed by atoms with Crippen LogP contribution in [-0.2, 0) is 0 Å². The Morgan fingerprint density at radius 3 is 1.82 bits per heavy atom. The van der Waals surface area contributed by atoms with Crippen LogP contribution in [0.2, 0.25) is 0 Å². The summed E-state index contributed by atoms with van der Waals surface area (Å²) in [6.07, 6.45) is 0. The van der Waals surface area contributed by atoms with Crippen LogP contribution < -0.4 is 0 Å². The molecule has 6 heteroatoms. The Hall–Kier alpha value is -6.63. The Balaban J connectivity index is 1.09. The molecule has 4 heterocycles. The summed E-state index contributed by atoms with van der Waals surface area (Å²) in [4.78, 5) is 14.5. The summed E-state index contributed by atoms with van der Waals surface area (Å²) in [5.74, 6) is 0.581. The van der Waals surface area contributed by atoms with Gasteiger partial charge >= 0.3 is 0 Å². The van der Waals surface area contributed by atoms with Crippen molar-refractivity contribution in [1.82, 2.24) is 19.5 Å². The van der Waals surface area contributed by atoms with Gasteiger partial charge in [-0.15, -0.1) is 11.3 Å². The fourth-order valence-corrected chi connectivity index (χ4v) is 8.36. The summed E-state index contributed by atoms with van der Waals surface area (Å²) in [6, 6.07) is 41.0. The average Bonchev–Trinajstić information content (AvgIpc) is 3.90. The molecule has 0 atom stereocenters. The van der Waals surface area contributed by atoms with E-state index >= 15 is 0 Å². The molecule has 51 heavy (non-hydrogen) atoms. The van der Waals surface area contributed by atoms with Crippen molar-refractivity contribution in [2.75, 3.05) is 0 Å². The largest absolute Gasteiger partial charge is 0.456 e. The van der Waals surface area contributed by atoms with Gasteiger partial charge in [-0.05, 0) is 54.6 Å². The summed E-state index contributed by atoms with van der Waals surface area (Å²) in [5.41, 5.74) is 5.87. The summed E-state index contributed by atoms with van der Waals surface area (Å²) in [5, 5.41) is 6.53. The van der Waals surface area contributed by atoms with Crippen LogP contribution in [0.3, 0.4) is 0 Å². The van der Waals surface area contributed by atoms with Crippen molar-refractivity contribution < 1.29 is 11.3 Å². The van der Waals surface area contributed by atoms with Gasteiger partial charge in [0.05, 0.1) is 17.9 Å². The number of hydrogen-bond donors (Lipinski definition) is 0. The van der Waals surface area contributed by atoms with E-state index in [1.165, 1.54) is 10.8 Å². The van der Waals surface area contributed by atoms with Gasteiger partial charge in [-0.2, -0.15) is 0 Å². The van der Waals surface area contributed by atoms with Gasteiger partial charge in [0.1, 0.15) is 11.2 Å². The maximum atomic E-state index is 8.73. The molecule has 0 aliphatic carbocycles. The summed E-state index contributed by atoms with van der Waals surface area (Å²) < 4.78 is 53.3. The molecule has 0 saturated heterocycles. The molecular formula is C45H26N4OS. The molecule has 5 nitrogen and oxygen atoms in total. The molecule has 4 aromatic heterocycles. The van der Waals surface area contributed by atoms with Crippen LogP contribution in [-0.4, -0.2) is 19.5 Å². The molecule has 0 N–H and O–H groups in total. The van der Waals surface area contributed by atoms with E-state index in [0.29, 0.717) is 22.5 Å². The lowest BCUT2D eigenvalue weighted by Crippen LogP contribution is -2.00. The number of aromatic nitrogens is 4. The lowest BCUT2D eigenvalue weighted by molar-refractivity contribution is 0.669. The zero-order valence-corrected chi connectivity index (χ0v) is 27.5. The highest BCUT2D eigenvalue weighted by atomic mass is 32.1. The van der Waals surface area contributed by atoms with Gasteiger partial charge in [0.25, 0.3) is 0 Å². The van der Waals surface area contributed by atoms with Gasteiger partial charge in [0.2, 0.25) is 0 Å². The SMILES string of the molecule is [2H]c1c([2H])c([2H])c(-c2nc(-c3ccc4c(c3)oc3ccc(-n5c6ccccc6c6ccccc65)cc34)nc(-c3ccc4c(c3)sc3ccccc34)n2)c([2H])c1[2H]. The van der Waals surface area contributed by atoms with Crippen LogP contribution >= 0.6 is 11.3 Å². The Morgan fingerprint density at radius 1 is 0.471 bits per heavy atom. The first-order valence-corrected chi connectivity index (χ1v) is 17.3. The van der Waals surface area contributed by atoms with E-state index < -0.39 is 18.1 Å².